The van der Waals surface area contributed by atoms with Crippen molar-refractivity contribution in [3.8, 4) is 0 Å². The smallest absolute Gasteiger partial charge is 0.264 e. The summed E-state index contributed by atoms with van der Waals surface area (Å²) in [5.41, 5.74) is 4.17. The Bertz CT molecular complexity index is 1220. The Kier molecular flexibility index (Phi) is 4.17. The maximum absolute atomic E-state index is 13.3. The number of benzene rings is 3. The van der Waals surface area contributed by atoms with Gasteiger partial charge in [0.2, 0.25) is 0 Å². The van der Waals surface area contributed by atoms with E-state index < -0.39 is 10.0 Å². The number of carbonyl (C=O) groups excluding carboxylic acids is 1. The van der Waals surface area contributed by atoms with Gasteiger partial charge >= 0.3 is 0 Å². The first kappa shape index (κ1) is 17.9. The van der Waals surface area contributed by atoms with Gasteiger partial charge in [-0.15, -0.1) is 0 Å². The Morgan fingerprint density at radius 2 is 1.41 bits per heavy atom. The molecule has 3 aromatic carbocycles. The van der Waals surface area contributed by atoms with E-state index in [4.69, 9.17) is 0 Å². The molecule has 0 aromatic heterocycles. The lowest BCUT2D eigenvalue weighted by molar-refractivity contribution is 0.0989. The predicted octanol–water partition coefficient (Wildman–Crippen LogP) is 3.64. The van der Waals surface area contributed by atoms with Crippen LogP contribution in [0.1, 0.15) is 21.5 Å². The van der Waals surface area contributed by atoms with Gasteiger partial charge in [-0.25, -0.2) is 8.42 Å². The Balaban J connectivity index is 1.49. The number of fused-ring (bicyclic) bond motifs is 2. The standard InChI is InChI=1S/C23H20N2O3S/c26-23(24-14-12-17-6-1-3-10-21(17)24)19-8-5-9-20(16-19)29(27,28)25-15-13-18-7-2-4-11-22(18)25/h1-11,16H,12-15H2. The van der Waals surface area contributed by atoms with Gasteiger partial charge in [0.1, 0.15) is 0 Å². The maximum atomic E-state index is 13.3. The van der Waals surface area contributed by atoms with Crippen LogP contribution in [0.4, 0.5) is 11.4 Å². The summed E-state index contributed by atoms with van der Waals surface area (Å²) in [7, 11) is -3.73. The molecule has 3 aromatic rings. The fraction of sp³-hybridized carbons (Fsp3) is 0.174. The fourth-order valence-electron chi connectivity index (χ4n) is 4.18. The van der Waals surface area contributed by atoms with Gasteiger partial charge in [-0.3, -0.25) is 9.10 Å². The molecule has 0 saturated heterocycles. The Labute approximate surface area is 170 Å². The Hall–Kier alpha value is -3.12. The van der Waals surface area contributed by atoms with E-state index in [2.05, 4.69) is 0 Å². The van der Waals surface area contributed by atoms with Crippen molar-refractivity contribution in [3.05, 3.63) is 89.5 Å². The normalized spacial score (nSPS) is 15.3. The van der Waals surface area contributed by atoms with Gasteiger partial charge in [-0.1, -0.05) is 42.5 Å². The molecule has 6 heteroatoms. The average molecular weight is 404 g/mol. The third-order valence-electron chi connectivity index (χ3n) is 5.65. The van der Waals surface area contributed by atoms with Gasteiger partial charge in [0.15, 0.2) is 0 Å². The monoisotopic (exact) mass is 404 g/mol. The minimum atomic E-state index is -3.73. The van der Waals surface area contributed by atoms with E-state index in [1.807, 2.05) is 48.5 Å². The zero-order valence-electron chi connectivity index (χ0n) is 15.8. The summed E-state index contributed by atoms with van der Waals surface area (Å²) < 4.78 is 28.0. The Morgan fingerprint density at radius 3 is 2.21 bits per heavy atom. The van der Waals surface area contributed by atoms with E-state index in [1.54, 1.807) is 23.1 Å². The highest BCUT2D eigenvalue weighted by Gasteiger charge is 2.32. The van der Waals surface area contributed by atoms with Crippen LogP contribution >= 0.6 is 0 Å². The second-order valence-electron chi connectivity index (χ2n) is 7.32. The lowest BCUT2D eigenvalue weighted by atomic mass is 10.1. The second-order valence-corrected chi connectivity index (χ2v) is 9.18. The van der Waals surface area contributed by atoms with Crippen molar-refractivity contribution >= 4 is 27.3 Å². The molecule has 2 aliphatic rings. The molecule has 5 rings (SSSR count). The fourth-order valence-corrected chi connectivity index (χ4v) is 5.73. The molecule has 0 unspecified atom stereocenters. The molecule has 0 bridgehead atoms. The molecular formula is C23H20N2O3S. The summed E-state index contributed by atoms with van der Waals surface area (Å²) in [6.45, 7) is 1.02. The zero-order chi connectivity index (χ0) is 20.0. The van der Waals surface area contributed by atoms with Crippen molar-refractivity contribution in [2.45, 2.75) is 17.7 Å². The van der Waals surface area contributed by atoms with Crippen LogP contribution in [0.5, 0.6) is 0 Å². The van der Waals surface area contributed by atoms with Crippen LogP contribution in [0.15, 0.2) is 77.7 Å². The number of para-hydroxylation sites is 2. The van der Waals surface area contributed by atoms with E-state index in [0.717, 1.165) is 28.9 Å². The summed E-state index contributed by atoms with van der Waals surface area (Å²) in [6, 6.07) is 21.8. The summed E-state index contributed by atoms with van der Waals surface area (Å²) in [4.78, 5) is 15.0. The van der Waals surface area contributed by atoms with Crippen molar-refractivity contribution < 1.29 is 13.2 Å². The first-order valence-corrected chi connectivity index (χ1v) is 11.1. The maximum Gasteiger partial charge on any atom is 0.264 e. The van der Waals surface area contributed by atoms with Crippen molar-refractivity contribution in [1.82, 2.24) is 0 Å². The molecule has 0 aliphatic carbocycles. The number of sulfonamides is 1. The van der Waals surface area contributed by atoms with Crippen LogP contribution in [-0.4, -0.2) is 27.4 Å². The number of anilines is 2. The highest BCUT2D eigenvalue weighted by atomic mass is 32.2. The van der Waals surface area contributed by atoms with Crippen LogP contribution in [0.3, 0.4) is 0 Å². The van der Waals surface area contributed by atoms with E-state index in [-0.39, 0.29) is 10.8 Å². The van der Waals surface area contributed by atoms with E-state index >= 15 is 0 Å². The number of amides is 1. The molecule has 0 spiro atoms. The van der Waals surface area contributed by atoms with Crippen molar-refractivity contribution in [2.24, 2.45) is 0 Å². The first-order valence-electron chi connectivity index (χ1n) is 9.66. The highest BCUT2D eigenvalue weighted by Crippen LogP contribution is 2.33. The van der Waals surface area contributed by atoms with E-state index in [9.17, 15) is 13.2 Å². The van der Waals surface area contributed by atoms with Crippen molar-refractivity contribution in [3.63, 3.8) is 0 Å². The summed E-state index contributed by atoms with van der Waals surface area (Å²) in [6.07, 6.45) is 1.50. The zero-order valence-corrected chi connectivity index (χ0v) is 16.6. The molecule has 0 N–H and O–H groups in total. The summed E-state index contributed by atoms with van der Waals surface area (Å²) >= 11 is 0. The van der Waals surface area contributed by atoms with Crippen LogP contribution < -0.4 is 9.21 Å². The first-order chi connectivity index (χ1) is 14.1. The predicted molar refractivity (Wildman–Crippen MR) is 113 cm³/mol. The van der Waals surface area contributed by atoms with Gasteiger partial charge in [-0.05, 0) is 54.3 Å². The number of hydrogen-bond acceptors (Lipinski definition) is 3. The molecule has 29 heavy (non-hydrogen) atoms. The molecule has 2 aliphatic heterocycles. The summed E-state index contributed by atoms with van der Waals surface area (Å²) in [5.74, 6) is -0.172. The van der Waals surface area contributed by atoms with Crippen molar-refractivity contribution in [2.75, 3.05) is 22.3 Å². The lowest BCUT2D eigenvalue weighted by Gasteiger charge is -2.21. The molecule has 0 atom stereocenters. The topological polar surface area (TPSA) is 57.7 Å². The molecule has 0 saturated carbocycles. The molecular weight excluding hydrogens is 384 g/mol. The van der Waals surface area contributed by atoms with Gasteiger partial charge in [0.25, 0.3) is 15.9 Å². The SMILES string of the molecule is O=C(c1cccc(S(=O)(=O)N2CCc3ccccc32)c1)N1CCc2ccccc21. The largest absolute Gasteiger partial charge is 0.308 e. The van der Waals surface area contributed by atoms with Crippen LogP contribution in [0, 0.1) is 0 Å². The minimum Gasteiger partial charge on any atom is -0.308 e. The molecule has 5 nitrogen and oxygen atoms in total. The summed E-state index contributed by atoms with van der Waals surface area (Å²) in [5, 5.41) is 0. The second kappa shape index (κ2) is 6.74. The average Bonchev–Trinajstić information content (AvgIpc) is 3.38. The third kappa shape index (κ3) is 2.91. The number of nitrogens with zero attached hydrogens (tertiary/aromatic N) is 2. The molecule has 146 valence electrons. The van der Waals surface area contributed by atoms with Gasteiger partial charge in [-0.2, -0.15) is 0 Å². The molecule has 1 amide bonds. The quantitative estimate of drug-likeness (QED) is 0.670. The van der Waals surface area contributed by atoms with E-state index in [1.165, 1.54) is 10.4 Å². The van der Waals surface area contributed by atoms with Gasteiger partial charge < -0.3 is 4.90 Å². The number of rotatable bonds is 3. The molecule has 0 radical (unpaired) electrons. The lowest BCUT2D eigenvalue weighted by Crippen LogP contribution is -2.31. The van der Waals surface area contributed by atoms with Crippen molar-refractivity contribution in [1.29, 1.82) is 0 Å². The highest BCUT2D eigenvalue weighted by molar-refractivity contribution is 7.92. The van der Waals surface area contributed by atoms with Gasteiger partial charge in [0, 0.05) is 24.3 Å². The number of carbonyl (C=O) groups is 1. The minimum absolute atomic E-state index is 0.146. The molecule has 0 fully saturated rings. The van der Waals surface area contributed by atoms with Crippen LogP contribution in [0.2, 0.25) is 0 Å². The third-order valence-corrected chi connectivity index (χ3v) is 7.46. The molecule has 2 heterocycles. The Morgan fingerprint density at radius 1 is 0.759 bits per heavy atom. The van der Waals surface area contributed by atoms with Crippen LogP contribution in [0.25, 0.3) is 0 Å². The van der Waals surface area contributed by atoms with Gasteiger partial charge in [0.05, 0.1) is 10.6 Å². The van der Waals surface area contributed by atoms with E-state index in [0.29, 0.717) is 25.1 Å². The number of hydrogen-bond donors (Lipinski definition) is 0. The van der Waals surface area contributed by atoms with Crippen LogP contribution in [-0.2, 0) is 22.9 Å².